The zero-order valence-corrected chi connectivity index (χ0v) is 11.8. The van der Waals surface area contributed by atoms with Gasteiger partial charge in [-0.25, -0.2) is 9.97 Å². The Morgan fingerprint density at radius 3 is 2.72 bits per heavy atom. The molecule has 1 heterocycles. The topological polar surface area (TPSA) is 47.0 Å². The fraction of sp³-hybridized carbons (Fsp3) is 0.714. The summed E-state index contributed by atoms with van der Waals surface area (Å²) in [7, 11) is 0. The van der Waals surface area contributed by atoms with Crippen LogP contribution in [0, 0.1) is 0 Å². The Balaban J connectivity index is 2.58. The second kappa shape index (κ2) is 8.86. The monoisotopic (exact) mass is 251 g/mol. The normalized spacial score (nSPS) is 12.4. The molecule has 1 atom stereocenters. The van der Waals surface area contributed by atoms with Crippen molar-refractivity contribution in [3.63, 3.8) is 0 Å². The van der Waals surface area contributed by atoms with E-state index in [2.05, 4.69) is 29.1 Å². The van der Waals surface area contributed by atoms with Crippen LogP contribution in [0.5, 0.6) is 5.88 Å². The number of rotatable bonds is 9. The maximum absolute atomic E-state index is 5.40. The van der Waals surface area contributed by atoms with Crippen LogP contribution < -0.4 is 10.1 Å². The van der Waals surface area contributed by atoms with Gasteiger partial charge in [-0.1, -0.05) is 20.3 Å². The highest BCUT2D eigenvalue weighted by Gasteiger charge is 2.09. The van der Waals surface area contributed by atoms with Gasteiger partial charge in [0.25, 0.3) is 0 Å². The summed E-state index contributed by atoms with van der Waals surface area (Å²) < 4.78 is 5.40. The zero-order valence-electron chi connectivity index (χ0n) is 11.8. The summed E-state index contributed by atoms with van der Waals surface area (Å²) in [5, 5.41) is 3.57. The summed E-state index contributed by atoms with van der Waals surface area (Å²) in [4.78, 5) is 8.41. The van der Waals surface area contributed by atoms with E-state index < -0.39 is 0 Å². The Morgan fingerprint density at radius 2 is 2.06 bits per heavy atom. The van der Waals surface area contributed by atoms with E-state index in [-0.39, 0.29) is 0 Å². The predicted molar refractivity (Wildman–Crippen MR) is 73.9 cm³/mol. The molecule has 0 aliphatic heterocycles. The molecule has 0 aliphatic carbocycles. The lowest BCUT2D eigenvalue weighted by molar-refractivity contribution is 0.325. The fourth-order valence-electron chi connectivity index (χ4n) is 1.94. The molecule has 1 rings (SSSR count). The standard InChI is InChI=1S/C14H25N3O/c1-4-7-12(15-8-5-2)9-13-10-14(18-6-3)17-11-16-13/h10-12,15H,4-9H2,1-3H3. The van der Waals surface area contributed by atoms with Crippen molar-refractivity contribution in [2.45, 2.75) is 52.5 Å². The first-order chi connectivity index (χ1) is 8.80. The van der Waals surface area contributed by atoms with E-state index >= 15 is 0 Å². The minimum Gasteiger partial charge on any atom is -0.478 e. The first-order valence-corrected chi connectivity index (χ1v) is 6.97. The molecule has 18 heavy (non-hydrogen) atoms. The molecule has 1 aromatic heterocycles. The Labute approximate surface area is 110 Å². The number of nitrogens with one attached hydrogen (secondary N) is 1. The lowest BCUT2D eigenvalue weighted by Crippen LogP contribution is -2.31. The first-order valence-electron chi connectivity index (χ1n) is 6.97. The third-order valence-corrected chi connectivity index (χ3v) is 2.77. The molecule has 0 spiro atoms. The SMILES string of the molecule is CCCNC(CCC)Cc1cc(OCC)ncn1. The van der Waals surface area contributed by atoms with Crippen LogP contribution in [0.3, 0.4) is 0 Å². The molecule has 0 aromatic carbocycles. The molecule has 1 unspecified atom stereocenters. The Bertz CT molecular complexity index is 331. The fourth-order valence-corrected chi connectivity index (χ4v) is 1.94. The van der Waals surface area contributed by atoms with Crippen molar-refractivity contribution in [1.29, 1.82) is 0 Å². The smallest absolute Gasteiger partial charge is 0.216 e. The van der Waals surface area contributed by atoms with Gasteiger partial charge in [0.1, 0.15) is 6.33 Å². The van der Waals surface area contributed by atoms with Gasteiger partial charge in [-0.05, 0) is 26.3 Å². The van der Waals surface area contributed by atoms with Crippen molar-refractivity contribution < 1.29 is 4.74 Å². The molecule has 0 saturated heterocycles. The van der Waals surface area contributed by atoms with Crippen LogP contribution >= 0.6 is 0 Å². The Hall–Kier alpha value is -1.16. The van der Waals surface area contributed by atoms with Gasteiger partial charge in [-0.2, -0.15) is 0 Å². The largest absolute Gasteiger partial charge is 0.478 e. The van der Waals surface area contributed by atoms with Gasteiger partial charge < -0.3 is 10.1 Å². The van der Waals surface area contributed by atoms with E-state index in [0.29, 0.717) is 18.5 Å². The highest BCUT2D eigenvalue weighted by atomic mass is 16.5. The van der Waals surface area contributed by atoms with Crippen LogP contribution in [0.15, 0.2) is 12.4 Å². The van der Waals surface area contributed by atoms with Crippen molar-refractivity contribution in [3.05, 3.63) is 18.1 Å². The second-order valence-electron chi connectivity index (χ2n) is 4.42. The van der Waals surface area contributed by atoms with Gasteiger partial charge in [0.15, 0.2) is 0 Å². The molecular weight excluding hydrogens is 226 g/mol. The molecule has 0 bridgehead atoms. The third kappa shape index (κ3) is 5.45. The molecule has 0 fully saturated rings. The molecular formula is C14H25N3O. The molecule has 0 radical (unpaired) electrons. The van der Waals surface area contributed by atoms with Crippen molar-refractivity contribution in [2.75, 3.05) is 13.2 Å². The maximum Gasteiger partial charge on any atom is 0.216 e. The van der Waals surface area contributed by atoms with Gasteiger partial charge in [0.05, 0.1) is 6.61 Å². The minimum atomic E-state index is 0.499. The minimum absolute atomic E-state index is 0.499. The third-order valence-electron chi connectivity index (χ3n) is 2.77. The highest BCUT2D eigenvalue weighted by molar-refractivity contribution is 5.14. The number of aromatic nitrogens is 2. The average molecular weight is 251 g/mol. The molecule has 0 saturated carbocycles. The zero-order chi connectivity index (χ0) is 13.2. The van der Waals surface area contributed by atoms with Crippen LogP contribution in [0.1, 0.15) is 45.7 Å². The van der Waals surface area contributed by atoms with Crippen LogP contribution in [0.2, 0.25) is 0 Å². The van der Waals surface area contributed by atoms with Crippen molar-refractivity contribution in [3.8, 4) is 5.88 Å². The maximum atomic E-state index is 5.40. The van der Waals surface area contributed by atoms with E-state index in [0.717, 1.165) is 25.1 Å². The van der Waals surface area contributed by atoms with Crippen LogP contribution in [-0.4, -0.2) is 29.2 Å². The van der Waals surface area contributed by atoms with E-state index in [1.54, 1.807) is 6.33 Å². The average Bonchev–Trinajstić information content (AvgIpc) is 2.37. The number of hydrogen-bond acceptors (Lipinski definition) is 4. The van der Waals surface area contributed by atoms with E-state index in [1.165, 1.54) is 12.8 Å². The summed E-state index contributed by atoms with van der Waals surface area (Å²) in [6.07, 6.45) is 6.05. The lowest BCUT2D eigenvalue weighted by Gasteiger charge is -2.17. The summed E-state index contributed by atoms with van der Waals surface area (Å²) in [6, 6.07) is 2.44. The second-order valence-corrected chi connectivity index (χ2v) is 4.42. The van der Waals surface area contributed by atoms with Gasteiger partial charge in [-0.15, -0.1) is 0 Å². The lowest BCUT2D eigenvalue weighted by atomic mass is 10.1. The molecule has 4 heteroatoms. The summed E-state index contributed by atoms with van der Waals surface area (Å²) in [5.74, 6) is 0.674. The number of nitrogens with zero attached hydrogens (tertiary/aromatic N) is 2. The quantitative estimate of drug-likeness (QED) is 0.733. The Morgan fingerprint density at radius 1 is 1.22 bits per heavy atom. The molecule has 4 nitrogen and oxygen atoms in total. The number of ether oxygens (including phenoxy) is 1. The summed E-state index contributed by atoms with van der Waals surface area (Å²) in [6.45, 7) is 8.07. The predicted octanol–water partition coefficient (Wildman–Crippen LogP) is 2.59. The van der Waals surface area contributed by atoms with Gasteiger partial charge in [-0.3, -0.25) is 0 Å². The van der Waals surface area contributed by atoms with Crippen molar-refractivity contribution >= 4 is 0 Å². The molecule has 0 aliphatic rings. The van der Waals surface area contributed by atoms with Crippen molar-refractivity contribution in [1.82, 2.24) is 15.3 Å². The Kier molecular flexibility index (Phi) is 7.34. The van der Waals surface area contributed by atoms with Crippen LogP contribution in [0.25, 0.3) is 0 Å². The van der Waals surface area contributed by atoms with E-state index in [1.807, 2.05) is 13.0 Å². The summed E-state index contributed by atoms with van der Waals surface area (Å²) >= 11 is 0. The van der Waals surface area contributed by atoms with E-state index in [9.17, 15) is 0 Å². The van der Waals surface area contributed by atoms with E-state index in [4.69, 9.17) is 4.74 Å². The molecule has 1 aromatic rings. The molecule has 1 N–H and O–H groups in total. The van der Waals surface area contributed by atoms with Crippen LogP contribution in [-0.2, 0) is 6.42 Å². The summed E-state index contributed by atoms with van der Waals surface area (Å²) in [5.41, 5.74) is 1.05. The molecule has 0 amide bonds. The van der Waals surface area contributed by atoms with Gasteiger partial charge in [0.2, 0.25) is 5.88 Å². The van der Waals surface area contributed by atoms with Gasteiger partial charge >= 0.3 is 0 Å². The van der Waals surface area contributed by atoms with Crippen molar-refractivity contribution in [2.24, 2.45) is 0 Å². The number of hydrogen-bond donors (Lipinski definition) is 1. The molecule has 102 valence electrons. The highest BCUT2D eigenvalue weighted by Crippen LogP contribution is 2.10. The van der Waals surface area contributed by atoms with Gasteiger partial charge in [0, 0.05) is 24.2 Å². The van der Waals surface area contributed by atoms with Crippen LogP contribution in [0.4, 0.5) is 0 Å². The first kappa shape index (κ1) is 14.9.